The van der Waals surface area contributed by atoms with Crippen LogP contribution >= 0.6 is 0 Å². The Balaban J connectivity index is 1.60. The van der Waals surface area contributed by atoms with Crippen LogP contribution in [0.1, 0.15) is 25.8 Å². The number of amides is 1. The molecule has 0 saturated carbocycles. The SMILES string of the molecule is C[C@@H]1C[C@H](C)CN(C(=O)COC(=O)/C=C/c2cc3c(cc2[N+](=O)[O-])OCO3)C1. The summed E-state index contributed by atoms with van der Waals surface area (Å²) in [5, 5.41) is 11.2. The lowest BCUT2D eigenvalue weighted by molar-refractivity contribution is -0.385. The number of carbonyl (C=O) groups is 2. The quantitative estimate of drug-likeness (QED) is 0.329. The molecule has 2 aliphatic heterocycles. The molecule has 9 nitrogen and oxygen atoms in total. The van der Waals surface area contributed by atoms with Crippen molar-refractivity contribution >= 4 is 23.6 Å². The fourth-order valence-electron chi connectivity index (χ4n) is 3.54. The van der Waals surface area contributed by atoms with Crippen LogP contribution in [-0.4, -0.2) is 48.2 Å². The standard InChI is InChI=1S/C19H22N2O7/c1-12-5-13(2)9-20(8-12)18(22)10-26-19(23)4-3-14-6-16-17(28-11-27-16)7-15(14)21(24)25/h3-4,6-7,12-13H,5,8-11H2,1-2H3/b4-3+/t12-,13+. The van der Waals surface area contributed by atoms with Crippen molar-refractivity contribution in [2.75, 3.05) is 26.5 Å². The normalized spacial score (nSPS) is 21.0. The summed E-state index contributed by atoms with van der Waals surface area (Å²) in [7, 11) is 0. The Bertz CT molecular complexity index is 811. The highest BCUT2D eigenvalue weighted by molar-refractivity contribution is 5.90. The fraction of sp³-hybridized carbons (Fsp3) is 0.474. The van der Waals surface area contributed by atoms with Crippen molar-refractivity contribution in [2.24, 2.45) is 11.8 Å². The molecule has 2 aliphatic rings. The summed E-state index contributed by atoms with van der Waals surface area (Å²) in [6.45, 7) is 5.11. The van der Waals surface area contributed by atoms with Crippen LogP contribution in [0.2, 0.25) is 0 Å². The molecular weight excluding hydrogens is 368 g/mol. The van der Waals surface area contributed by atoms with Crippen LogP contribution in [-0.2, 0) is 14.3 Å². The van der Waals surface area contributed by atoms with E-state index in [4.69, 9.17) is 14.2 Å². The number of nitro groups is 1. The minimum absolute atomic E-state index is 0.0163. The van der Waals surface area contributed by atoms with Gasteiger partial charge in [-0.2, -0.15) is 0 Å². The molecule has 1 fully saturated rings. The van der Waals surface area contributed by atoms with E-state index in [2.05, 4.69) is 13.8 Å². The van der Waals surface area contributed by atoms with Gasteiger partial charge in [0.25, 0.3) is 11.6 Å². The smallest absolute Gasteiger partial charge is 0.331 e. The van der Waals surface area contributed by atoms with Crippen molar-refractivity contribution in [2.45, 2.75) is 20.3 Å². The summed E-state index contributed by atoms with van der Waals surface area (Å²) in [6, 6.07) is 2.67. The van der Waals surface area contributed by atoms with Crippen molar-refractivity contribution < 1.29 is 28.7 Å². The van der Waals surface area contributed by atoms with Gasteiger partial charge in [-0.3, -0.25) is 14.9 Å². The fourth-order valence-corrected chi connectivity index (χ4v) is 3.54. The Kier molecular flexibility index (Phi) is 5.81. The molecule has 0 spiro atoms. The zero-order valence-corrected chi connectivity index (χ0v) is 15.8. The lowest BCUT2D eigenvalue weighted by Crippen LogP contribution is -2.44. The number of nitrogens with zero attached hydrogens (tertiary/aromatic N) is 2. The molecule has 0 aromatic heterocycles. The molecule has 2 heterocycles. The van der Waals surface area contributed by atoms with E-state index in [0.29, 0.717) is 30.7 Å². The summed E-state index contributed by atoms with van der Waals surface area (Å²) in [6.07, 6.45) is 3.39. The van der Waals surface area contributed by atoms with Gasteiger partial charge in [0, 0.05) is 19.2 Å². The number of nitro benzene ring substituents is 1. The first kappa shape index (κ1) is 19.7. The van der Waals surface area contributed by atoms with Crippen LogP contribution in [0, 0.1) is 22.0 Å². The Labute approximate surface area is 162 Å². The highest BCUT2D eigenvalue weighted by atomic mass is 16.7. The average Bonchev–Trinajstić information content (AvgIpc) is 3.10. The number of benzene rings is 1. The summed E-state index contributed by atoms with van der Waals surface area (Å²) in [5.41, 5.74) is -0.0446. The van der Waals surface area contributed by atoms with Crippen molar-refractivity contribution in [3.8, 4) is 11.5 Å². The van der Waals surface area contributed by atoms with E-state index in [1.54, 1.807) is 4.90 Å². The van der Waals surface area contributed by atoms with E-state index >= 15 is 0 Å². The largest absolute Gasteiger partial charge is 0.454 e. The van der Waals surface area contributed by atoms with Gasteiger partial charge in [0.1, 0.15) is 0 Å². The molecule has 28 heavy (non-hydrogen) atoms. The zero-order chi connectivity index (χ0) is 20.3. The number of hydrogen-bond acceptors (Lipinski definition) is 7. The second-order valence-electron chi connectivity index (χ2n) is 7.21. The minimum atomic E-state index is -0.751. The highest BCUT2D eigenvalue weighted by Crippen LogP contribution is 2.38. The number of carbonyl (C=O) groups excluding carboxylic acids is 2. The van der Waals surface area contributed by atoms with Crippen molar-refractivity contribution in [1.82, 2.24) is 4.90 Å². The van der Waals surface area contributed by atoms with Gasteiger partial charge in [0.2, 0.25) is 6.79 Å². The van der Waals surface area contributed by atoms with E-state index in [-0.39, 0.29) is 36.3 Å². The third-order valence-electron chi connectivity index (χ3n) is 4.68. The van der Waals surface area contributed by atoms with Gasteiger partial charge < -0.3 is 19.1 Å². The highest BCUT2D eigenvalue weighted by Gasteiger charge is 2.26. The average molecular weight is 390 g/mol. The molecule has 1 aromatic rings. The number of piperidine rings is 1. The van der Waals surface area contributed by atoms with Crippen LogP contribution in [0.15, 0.2) is 18.2 Å². The number of ether oxygens (including phenoxy) is 3. The van der Waals surface area contributed by atoms with Crippen molar-refractivity contribution in [3.05, 3.63) is 33.9 Å². The lowest BCUT2D eigenvalue weighted by atomic mass is 9.92. The lowest BCUT2D eigenvalue weighted by Gasteiger charge is -2.34. The molecule has 1 amide bonds. The number of likely N-dealkylation sites (tertiary alicyclic amines) is 1. The molecule has 3 rings (SSSR count). The Hall–Kier alpha value is -3.10. The molecule has 150 valence electrons. The van der Waals surface area contributed by atoms with Crippen LogP contribution < -0.4 is 9.47 Å². The van der Waals surface area contributed by atoms with Gasteiger partial charge in [0.05, 0.1) is 16.6 Å². The van der Waals surface area contributed by atoms with Gasteiger partial charge in [0.15, 0.2) is 18.1 Å². The number of rotatable bonds is 5. The van der Waals surface area contributed by atoms with Crippen LogP contribution in [0.4, 0.5) is 5.69 Å². The van der Waals surface area contributed by atoms with Crippen LogP contribution in [0.3, 0.4) is 0 Å². The molecule has 9 heteroatoms. The number of fused-ring (bicyclic) bond motifs is 1. The third kappa shape index (κ3) is 4.59. The molecular formula is C19H22N2O7. The first-order chi connectivity index (χ1) is 13.3. The van der Waals surface area contributed by atoms with Crippen molar-refractivity contribution in [1.29, 1.82) is 0 Å². The topological polar surface area (TPSA) is 108 Å². The van der Waals surface area contributed by atoms with E-state index in [1.165, 1.54) is 18.2 Å². The summed E-state index contributed by atoms with van der Waals surface area (Å²) in [5.74, 6) is 0.474. The molecule has 1 saturated heterocycles. The van der Waals surface area contributed by atoms with E-state index in [9.17, 15) is 19.7 Å². The maximum absolute atomic E-state index is 12.2. The molecule has 0 bridgehead atoms. The Morgan fingerprint density at radius 3 is 2.54 bits per heavy atom. The third-order valence-corrected chi connectivity index (χ3v) is 4.68. The number of hydrogen-bond donors (Lipinski definition) is 0. The molecule has 0 radical (unpaired) electrons. The van der Waals surface area contributed by atoms with Crippen molar-refractivity contribution in [3.63, 3.8) is 0 Å². The van der Waals surface area contributed by atoms with Gasteiger partial charge in [-0.15, -0.1) is 0 Å². The Morgan fingerprint density at radius 1 is 1.25 bits per heavy atom. The first-order valence-corrected chi connectivity index (χ1v) is 9.04. The van der Waals surface area contributed by atoms with E-state index in [1.807, 2.05) is 0 Å². The second kappa shape index (κ2) is 8.28. The zero-order valence-electron chi connectivity index (χ0n) is 15.8. The predicted molar refractivity (Wildman–Crippen MR) is 98.7 cm³/mol. The molecule has 0 N–H and O–H groups in total. The second-order valence-corrected chi connectivity index (χ2v) is 7.21. The van der Waals surface area contributed by atoms with Gasteiger partial charge >= 0.3 is 5.97 Å². The molecule has 0 unspecified atom stereocenters. The molecule has 0 aliphatic carbocycles. The van der Waals surface area contributed by atoms with E-state index < -0.39 is 10.9 Å². The van der Waals surface area contributed by atoms with Crippen LogP contribution in [0.25, 0.3) is 6.08 Å². The monoisotopic (exact) mass is 390 g/mol. The summed E-state index contributed by atoms with van der Waals surface area (Å²) in [4.78, 5) is 36.5. The maximum Gasteiger partial charge on any atom is 0.331 e. The van der Waals surface area contributed by atoms with Gasteiger partial charge in [-0.05, 0) is 30.4 Å². The molecule has 1 aromatic carbocycles. The summed E-state index contributed by atoms with van der Waals surface area (Å²) >= 11 is 0. The van der Waals surface area contributed by atoms with Gasteiger partial charge in [-0.25, -0.2) is 4.79 Å². The number of esters is 1. The Morgan fingerprint density at radius 2 is 1.89 bits per heavy atom. The maximum atomic E-state index is 12.2. The van der Waals surface area contributed by atoms with Crippen LogP contribution in [0.5, 0.6) is 11.5 Å². The van der Waals surface area contributed by atoms with E-state index in [0.717, 1.165) is 12.5 Å². The molecule has 2 atom stereocenters. The summed E-state index contributed by atoms with van der Waals surface area (Å²) < 4.78 is 15.3. The first-order valence-electron chi connectivity index (χ1n) is 9.04. The minimum Gasteiger partial charge on any atom is -0.454 e. The van der Waals surface area contributed by atoms with Gasteiger partial charge in [-0.1, -0.05) is 13.8 Å². The predicted octanol–water partition coefficient (Wildman–Crippen LogP) is 2.38.